The van der Waals surface area contributed by atoms with E-state index in [2.05, 4.69) is 0 Å². The highest BCUT2D eigenvalue weighted by molar-refractivity contribution is 7.99. The normalized spacial score (nSPS) is 20.3. The Labute approximate surface area is 195 Å². The first kappa shape index (κ1) is 26.5. The number of phenolic OH excluding ortho intramolecular Hbond substituents is 1. The van der Waals surface area contributed by atoms with Crippen LogP contribution in [-0.4, -0.2) is 60.6 Å². The highest BCUT2D eigenvalue weighted by Crippen LogP contribution is 2.34. The Kier molecular flexibility index (Phi) is 10.8. The second-order valence-electron chi connectivity index (χ2n) is 7.91. The maximum atomic E-state index is 11.7. The van der Waals surface area contributed by atoms with Crippen LogP contribution in [0.3, 0.4) is 0 Å². The van der Waals surface area contributed by atoms with Crippen molar-refractivity contribution in [1.82, 2.24) is 0 Å². The molecule has 1 aromatic carbocycles. The summed E-state index contributed by atoms with van der Waals surface area (Å²) in [6.45, 7) is 6.53. The SMILES string of the molecule is CCCc1c(OCCCSCC2COC(CC)(CCC(=O)OC)O2)ccc(C(C)=O)c1O. The Morgan fingerprint density at radius 2 is 2.09 bits per heavy atom. The molecule has 180 valence electrons. The van der Waals surface area contributed by atoms with E-state index in [4.69, 9.17) is 18.9 Å². The first-order valence-corrected chi connectivity index (χ1v) is 12.5. The van der Waals surface area contributed by atoms with Gasteiger partial charge in [-0.1, -0.05) is 20.3 Å². The lowest BCUT2D eigenvalue weighted by Crippen LogP contribution is -2.31. The molecule has 32 heavy (non-hydrogen) atoms. The number of esters is 1. The Morgan fingerprint density at radius 1 is 1.31 bits per heavy atom. The standard InChI is InChI=1S/C24H36O7S/c1-5-8-20-21(10-9-19(17(3)25)23(20)27)29-13-7-14-32-16-18-15-30-24(6-2,31-18)12-11-22(26)28-4/h9-10,18,27H,5-8,11-16H2,1-4H3. The molecule has 1 heterocycles. The first-order valence-electron chi connectivity index (χ1n) is 11.3. The van der Waals surface area contributed by atoms with Crippen LogP contribution in [0, 0.1) is 0 Å². The summed E-state index contributed by atoms with van der Waals surface area (Å²) in [5.74, 6) is 1.30. The molecule has 0 saturated carbocycles. The van der Waals surface area contributed by atoms with Crippen molar-refractivity contribution < 1.29 is 33.6 Å². The minimum atomic E-state index is -0.688. The third-order valence-corrected chi connectivity index (χ3v) is 6.69. The van der Waals surface area contributed by atoms with E-state index in [0.717, 1.165) is 24.3 Å². The van der Waals surface area contributed by atoms with Gasteiger partial charge >= 0.3 is 5.97 Å². The van der Waals surface area contributed by atoms with Gasteiger partial charge in [-0.05, 0) is 44.1 Å². The van der Waals surface area contributed by atoms with E-state index >= 15 is 0 Å². The maximum Gasteiger partial charge on any atom is 0.305 e. The fourth-order valence-electron chi connectivity index (χ4n) is 3.67. The lowest BCUT2D eigenvalue weighted by molar-refractivity contribution is -0.178. The Morgan fingerprint density at radius 3 is 2.75 bits per heavy atom. The quantitative estimate of drug-likeness (QED) is 0.242. The molecule has 0 radical (unpaired) electrons. The number of methoxy groups -OCH3 is 1. The summed E-state index contributed by atoms with van der Waals surface area (Å²) in [7, 11) is 1.38. The Bertz CT molecular complexity index is 767. The van der Waals surface area contributed by atoms with Crippen molar-refractivity contribution in [3.8, 4) is 11.5 Å². The van der Waals surface area contributed by atoms with E-state index in [1.165, 1.54) is 14.0 Å². The fourth-order valence-corrected chi connectivity index (χ4v) is 4.59. The van der Waals surface area contributed by atoms with E-state index in [0.29, 0.717) is 49.4 Å². The van der Waals surface area contributed by atoms with Crippen LogP contribution in [0.5, 0.6) is 11.5 Å². The van der Waals surface area contributed by atoms with Crippen LogP contribution < -0.4 is 4.74 Å². The molecule has 1 aliphatic rings. The van der Waals surface area contributed by atoms with Crippen molar-refractivity contribution in [2.75, 3.05) is 31.8 Å². The number of hydrogen-bond acceptors (Lipinski definition) is 8. The summed E-state index contributed by atoms with van der Waals surface area (Å²) in [6, 6.07) is 3.40. The van der Waals surface area contributed by atoms with Gasteiger partial charge in [0.05, 0.1) is 38.4 Å². The van der Waals surface area contributed by atoms with Gasteiger partial charge in [-0.2, -0.15) is 11.8 Å². The molecule has 2 rings (SSSR count). The van der Waals surface area contributed by atoms with Gasteiger partial charge in [0.25, 0.3) is 0 Å². The minimum Gasteiger partial charge on any atom is -0.507 e. The molecule has 0 amide bonds. The molecule has 0 aliphatic carbocycles. The van der Waals surface area contributed by atoms with E-state index in [1.54, 1.807) is 23.9 Å². The monoisotopic (exact) mass is 468 g/mol. The third kappa shape index (κ3) is 7.39. The first-order chi connectivity index (χ1) is 15.4. The van der Waals surface area contributed by atoms with Crippen LogP contribution in [0.4, 0.5) is 0 Å². The number of benzene rings is 1. The number of aromatic hydroxyl groups is 1. The van der Waals surface area contributed by atoms with Gasteiger partial charge in [-0.25, -0.2) is 0 Å². The molecular formula is C24H36O7S. The van der Waals surface area contributed by atoms with Crippen LogP contribution in [0.2, 0.25) is 0 Å². The van der Waals surface area contributed by atoms with Crippen LogP contribution in [0.15, 0.2) is 12.1 Å². The summed E-state index contributed by atoms with van der Waals surface area (Å²) in [5, 5.41) is 10.4. The molecule has 1 aliphatic heterocycles. The Balaban J connectivity index is 1.73. The molecule has 0 spiro atoms. The molecule has 2 unspecified atom stereocenters. The van der Waals surface area contributed by atoms with Crippen molar-refractivity contribution in [3.05, 3.63) is 23.3 Å². The molecule has 0 bridgehead atoms. The van der Waals surface area contributed by atoms with Crippen molar-refractivity contribution in [1.29, 1.82) is 0 Å². The topological polar surface area (TPSA) is 91.3 Å². The minimum absolute atomic E-state index is 0.00532. The van der Waals surface area contributed by atoms with E-state index < -0.39 is 5.79 Å². The van der Waals surface area contributed by atoms with Crippen molar-refractivity contribution in [2.24, 2.45) is 0 Å². The smallest absolute Gasteiger partial charge is 0.305 e. The lowest BCUT2D eigenvalue weighted by Gasteiger charge is -2.26. The van der Waals surface area contributed by atoms with Gasteiger partial charge in [0.15, 0.2) is 11.6 Å². The third-order valence-electron chi connectivity index (χ3n) is 5.50. The lowest BCUT2D eigenvalue weighted by atomic mass is 10.0. The molecule has 0 aromatic heterocycles. The fraction of sp³-hybridized carbons (Fsp3) is 0.667. The molecule has 1 aromatic rings. The Hall–Kier alpha value is -1.77. The van der Waals surface area contributed by atoms with Crippen molar-refractivity contribution in [2.45, 2.75) is 71.2 Å². The molecule has 2 atom stereocenters. The van der Waals surface area contributed by atoms with Crippen LogP contribution in [-0.2, 0) is 25.4 Å². The summed E-state index contributed by atoms with van der Waals surface area (Å²) < 4.78 is 22.6. The number of thioether (sulfide) groups is 1. The van der Waals surface area contributed by atoms with Crippen molar-refractivity contribution in [3.63, 3.8) is 0 Å². The predicted molar refractivity (Wildman–Crippen MR) is 125 cm³/mol. The summed E-state index contributed by atoms with van der Waals surface area (Å²) in [6.07, 6.45) is 3.83. The van der Waals surface area contributed by atoms with E-state index in [-0.39, 0.29) is 30.0 Å². The molecular weight excluding hydrogens is 432 g/mol. The zero-order valence-electron chi connectivity index (χ0n) is 19.6. The largest absolute Gasteiger partial charge is 0.507 e. The molecule has 1 fully saturated rings. The number of ether oxygens (including phenoxy) is 4. The average Bonchev–Trinajstić information content (AvgIpc) is 3.20. The van der Waals surface area contributed by atoms with Crippen LogP contribution in [0.1, 0.15) is 68.8 Å². The predicted octanol–water partition coefficient (Wildman–Crippen LogP) is 4.52. The van der Waals surface area contributed by atoms with Gasteiger partial charge < -0.3 is 24.1 Å². The number of hydrogen-bond donors (Lipinski definition) is 1. The maximum absolute atomic E-state index is 11.7. The van der Waals surface area contributed by atoms with Crippen LogP contribution >= 0.6 is 11.8 Å². The van der Waals surface area contributed by atoms with E-state index in [1.807, 2.05) is 13.8 Å². The highest BCUT2D eigenvalue weighted by Gasteiger charge is 2.40. The van der Waals surface area contributed by atoms with Crippen molar-refractivity contribution >= 4 is 23.5 Å². The number of ketones is 1. The summed E-state index contributed by atoms with van der Waals surface area (Å²) >= 11 is 1.78. The number of Topliss-reactive ketones (excluding diaryl/α,β-unsaturated/α-hetero) is 1. The number of carbonyl (C=O) groups is 2. The number of rotatable bonds is 14. The van der Waals surface area contributed by atoms with Gasteiger partial charge in [-0.15, -0.1) is 0 Å². The molecule has 8 heteroatoms. The highest BCUT2D eigenvalue weighted by atomic mass is 32.2. The van der Waals surface area contributed by atoms with Gasteiger partial charge in [0.1, 0.15) is 11.5 Å². The van der Waals surface area contributed by atoms with Crippen LogP contribution in [0.25, 0.3) is 0 Å². The zero-order chi connectivity index (χ0) is 23.6. The van der Waals surface area contributed by atoms with Gasteiger partial charge in [0, 0.05) is 17.7 Å². The molecule has 1 N–H and O–H groups in total. The van der Waals surface area contributed by atoms with Gasteiger partial charge in [0.2, 0.25) is 0 Å². The average molecular weight is 469 g/mol. The number of phenols is 1. The molecule has 7 nitrogen and oxygen atoms in total. The zero-order valence-corrected chi connectivity index (χ0v) is 20.4. The second-order valence-corrected chi connectivity index (χ2v) is 9.06. The van der Waals surface area contributed by atoms with E-state index in [9.17, 15) is 14.7 Å². The molecule has 1 saturated heterocycles. The van der Waals surface area contributed by atoms with Gasteiger partial charge in [-0.3, -0.25) is 9.59 Å². The summed E-state index contributed by atoms with van der Waals surface area (Å²) in [5.41, 5.74) is 1.04. The second kappa shape index (κ2) is 13.1. The summed E-state index contributed by atoms with van der Waals surface area (Å²) in [4.78, 5) is 23.1. The number of carbonyl (C=O) groups excluding carboxylic acids is 2.